The lowest BCUT2D eigenvalue weighted by molar-refractivity contribution is -0.00177. The first-order valence-corrected chi connectivity index (χ1v) is 12.1. The summed E-state index contributed by atoms with van der Waals surface area (Å²) in [5, 5.41) is 29.2. The highest BCUT2D eigenvalue weighted by molar-refractivity contribution is 6.00. The molecule has 0 aliphatic carbocycles. The smallest absolute Gasteiger partial charge is 0.255 e. The van der Waals surface area contributed by atoms with Crippen LogP contribution in [0.15, 0.2) is 73.3 Å². The highest BCUT2D eigenvalue weighted by Gasteiger charge is 2.27. The lowest BCUT2D eigenvalue weighted by Crippen LogP contribution is -2.42. The van der Waals surface area contributed by atoms with Crippen molar-refractivity contribution >= 4 is 22.8 Å². The first kappa shape index (κ1) is 25.6. The van der Waals surface area contributed by atoms with Crippen LogP contribution in [-0.4, -0.2) is 53.9 Å². The van der Waals surface area contributed by atoms with Crippen LogP contribution in [0.5, 0.6) is 0 Å². The number of H-pyrrole nitrogens is 1. The molecule has 0 radical (unpaired) electrons. The lowest BCUT2D eigenvalue weighted by atomic mass is 10.0. The van der Waals surface area contributed by atoms with Crippen LogP contribution in [0.4, 0.5) is 15.8 Å². The average Bonchev–Trinajstić information content (AvgIpc) is 3.61. The van der Waals surface area contributed by atoms with Gasteiger partial charge >= 0.3 is 0 Å². The molecule has 39 heavy (non-hydrogen) atoms. The van der Waals surface area contributed by atoms with Crippen LogP contribution in [0.3, 0.4) is 0 Å². The summed E-state index contributed by atoms with van der Waals surface area (Å²) < 4.78 is 16.0. The number of halogens is 1. The number of benzene rings is 1. The molecule has 4 aromatic heterocycles. The van der Waals surface area contributed by atoms with Gasteiger partial charge in [0.15, 0.2) is 0 Å². The lowest BCUT2D eigenvalue weighted by Gasteiger charge is -2.22. The number of nitriles is 1. The zero-order valence-corrected chi connectivity index (χ0v) is 21.2. The average molecular weight is 525 g/mol. The van der Waals surface area contributed by atoms with E-state index in [0.717, 1.165) is 16.9 Å². The maximum Gasteiger partial charge on any atom is 0.255 e. The van der Waals surface area contributed by atoms with E-state index in [9.17, 15) is 19.6 Å². The van der Waals surface area contributed by atoms with E-state index >= 15 is 0 Å². The molecule has 0 saturated heterocycles. The minimum absolute atomic E-state index is 0.192. The van der Waals surface area contributed by atoms with E-state index in [-0.39, 0.29) is 12.1 Å². The molecule has 196 valence electrons. The van der Waals surface area contributed by atoms with Gasteiger partial charge in [0.05, 0.1) is 52.1 Å². The number of fused-ring (bicyclic) bond motifs is 1. The quantitative estimate of drug-likeness (QED) is 0.238. The van der Waals surface area contributed by atoms with Crippen LogP contribution >= 0.6 is 0 Å². The molecule has 1 unspecified atom stereocenters. The van der Waals surface area contributed by atoms with Gasteiger partial charge in [0, 0.05) is 29.8 Å². The van der Waals surface area contributed by atoms with E-state index in [1.165, 1.54) is 26.2 Å². The molecule has 1 amide bonds. The summed E-state index contributed by atoms with van der Waals surface area (Å²) in [4.78, 5) is 24.9. The molecule has 0 aliphatic heterocycles. The fraction of sp³-hybridized carbons (Fsp3) is 0.179. The molecule has 0 fully saturated rings. The highest BCUT2D eigenvalue weighted by Crippen LogP contribution is 2.28. The Morgan fingerprint density at radius 1 is 1.18 bits per heavy atom. The summed E-state index contributed by atoms with van der Waals surface area (Å²) in [6.07, 6.45) is 4.63. The number of hydrogen-bond acceptors (Lipinski definition) is 7. The largest absolute Gasteiger partial charge is 0.387 e. The van der Waals surface area contributed by atoms with Crippen molar-refractivity contribution in [1.82, 2.24) is 29.9 Å². The number of carbonyl (C=O) groups is 1. The van der Waals surface area contributed by atoms with Crippen molar-refractivity contribution in [2.75, 3.05) is 11.9 Å². The molecule has 4 heterocycles. The van der Waals surface area contributed by atoms with E-state index in [2.05, 4.69) is 36.8 Å². The van der Waals surface area contributed by atoms with Gasteiger partial charge in [0.25, 0.3) is 5.91 Å². The predicted octanol–water partition coefficient (Wildman–Crippen LogP) is 4.24. The predicted molar refractivity (Wildman–Crippen MR) is 144 cm³/mol. The number of nitrogens with zero attached hydrogens (tertiary/aromatic N) is 5. The molecule has 1 atom stereocenters. The number of aromatic nitrogens is 5. The SMILES string of the molecule is CC(C)(O)C(F)CNC(=O)c1cnc(-c2ccc3cc(C#N)cnn23)cc1Nc1ccc(-c2ncc[nH]2)cc1. The number of aromatic amines is 1. The molecule has 5 aromatic rings. The summed E-state index contributed by atoms with van der Waals surface area (Å²) in [6.45, 7) is 2.32. The molecule has 5 rings (SSSR count). The Balaban J connectivity index is 1.49. The second kappa shape index (κ2) is 10.4. The van der Waals surface area contributed by atoms with Crippen molar-refractivity contribution < 1.29 is 14.3 Å². The van der Waals surface area contributed by atoms with Crippen LogP contribution < -0.4 is 10.6 Å². The third kappa shape index (κ3) is 5.46. The number of imidazole rings is 1. The Labute approximate surface area is 223 Å². The van der Waals surface area contributed by atoms with E-state index in [1.807, 2.05) is 36.4 Å². The molecule has 0 saturated carbocycles. The molecule has 0 spiro atoms. The zero-order chi connectivity index (χ0) is 27.6. The number of aliphatic hydroxyl groups is 1. The number of hydrogen-bond donors (Lipinski definition) is 4. The third-order valence-electron chi connectivity index (χ3n) is 6.18. The Morgan fingerprint density at radius 2 is 1.97 bits per heavy atom. The molecule has 10 nitrogen and oxygen atoms in total. The van der Waals surface area contributed by atoms with Crippen molar-refractivity contribution in [2.45, 2.75) is 25.6 Å². The second-order valence-corrected chi connectivity index (χ2v) is 9.50. The number of nitrogens with one attached hydrogen (secondary N) is 3. The summed E-state index contributed by atoms with van der Waals surface area (Å²) in [7, 11) is 0. The number of rotatable bonds is 8. The Hall–Kier alpha value is -5.08. The Bertz CT molecular complexity index is 1670. The van der Waals surface area contributed by atoms with Crippen LogP contribution in [0.1, 0.15) is 29.8 Å². The summed E-state index contributed by atoms with van der Waals surface area (Å²) >= 11 is 0. The first-order valence-electron chi connectivity index (χ1n) is 12.1. The van der Waals surface area contributed by atoms with E-state index < -0.39 is 17.7 Å². The fourth-order valence-corrected chi connectivity index (χ4v) is 3.95. The van der Waals surface area contributed by atoms with Crippen LogP contribution in [-0.2, 0) is 0 Å². The minimum Gasteiger partial charge on any atom is -0.387 e. The van der Waals surface area contributed by atoms with Gasteiger partial charge in [-0.15, -0.1) is 0 Å². The van der Waals surface area contributed by atoms with Gasteiger partial charge < -0.3 is 20.7 Å². The van der Waals surface area contributed by atoms with Gasteiger partial charge in [-0.3, -0.25) is 9.78 Å². The number of pyridine rings is 1. The van der Waals surface area contributed by atoms with E-state index in [1.54, 1.807) is 29.0 Å². The Kier molecular flexibility index (Phi) is 6.79. The normalized spacial score (nSPS) is 12.2. The van der Waals surface area contributed by atoms with Crippen molar-refractivity contribution in [3.05, 3.63) is 84.4 Å². The number of amides is 1. The van der Waals surface area contributed by atoms with Crippen LogP contribution in [0.25, 0.3) is 28.3 Å². The maximum atomic E-state index is 14.3. The molecule has 4 N–H and O–H groups in total. The van der Waals surface area contributed by atoms with E-state index in [4.69, 9.17) is 0 Å². The van der Waals surface area contributed by atoms with Gasteiger partial charge in [0.1, 0.15) is 18.1 Å². The Morgan fingerprint density at radius 3 is 2.67 bits per heavy atom. The topological polar surface area (TPSA) is 144 Å². The molecule has 0 aliphatic rings. The first-order chi connectivity index (χ1) is 18.7. The molecule has 0 bridgehead atoms. The van der Waals surface area contributed by atoms with Crippen molar-refractivity contribution in [3.8, 4) is 28.8 Å². The minimum atomic E-state index is -1.66. The van der Waals surface area contributed by atoms with Gasteiger partial charge in [-0.25, -0.2) is 13.9 Å². The summed E-state index contributed by atoms with van der Waals surface area (Å²) in [5.74, 6) is 0.181. The van der Waals surface area contributed by atoms with Crippen LogP contribution in [0.2, 0.25) is 0 Å². The van der Waals surface area contributed by atoms with Crippen LogP contribution in [0, 0.1) is 11.3 Å². The zero-order valence-electron chi connectivity index (χ0n) is 21.2. The number of anilines is 2. The van der Waals surface area contributed by atoms with Crippen molar-refractivity contribution in [1.29, 1.82) is 5.26 Å². The molecular formula is C28H25FN8O2. The van der Waals surface area contributed by atoms with Crippen molar-refractivity contribution in [2.24, 2.45) is 0 Å². The van der Waals surface area contributed by atoms with Gasteiger partial charge in [-0.1, -0.05) is 0 Å². The van der Waals surface area contributed by atoms with E-state index in [0.29, 0.717) is 28.3 Å². The molecular weight excluding hydrogens is 499 g/mol. The van der Waals surface area contributed by atoms with Gasteiger partial charge in [-0.2, -0.15) is 10.4 Å². The monoisotopic (exact) mass is 524 g/mol. The van der Waals surface area contributed by atoms with Gasteiger partial charge in [0.2, 0.25) is 0 Å². The fourth-order valence-electron chi connectivity index (χ4n) is 3.95. The highest BCUT2D eigenvalue weighted by atomic mass is 19.1. The molecule has 1 aromatic carbocycles. The maximum absolute atomic E-state index is 14.3. The van der Waals surface area contributed by atoms with Crippen molar-refractivity contribution in [3.63, 3.8) is 0 Å². The second-order valence-electron chi connectivity index (χ2n) is 9.50. The number of carbonyl (C=O) groups excluding carboxylic acids is 1. The standard InChI is InChI=1S/C28H25FN8O2/c1-28(2,39)25(29)16-34-27(38)21-15-33-23(24-8-7-20-11-17(13-30)14-35-37(20)24)12-22(21)36-19-5-3-18(4-6-19)26-31-9-10-32-26/h3-12,14-15,25,39H,16H2,1-2H3,(H,31,32)(H,33,36)(H,34,38). The van der Waals surface area contributed by atoms with Gasteiger partial charge in [-0.05, 0) is 62.4 Å². The summed E-state index contributed by atoms with van der Waals surface area (Å²) in [5.41, 5.74) is 2.96. The molecule has 11 heteroatoms. The summed E-state index contributed by atoms with van der Waals surface area (Å²) in [6, 6.07) is 16.6. The third-order valence-corrected chi connectivity index (χ3v) is 6.18. The number of alkyl halides is 1.